The normalized spacial score (nSPS) is 11.6. The van der Waals surface area contributed by atoms with E-state index in [9.17, 15) is 4.79 Å². The van der Waals surface area contributed by atoms with Crippen molar-refractivity contribution in [1.82, 2.24) is 0 Å². The number of hydrogen-bond donors (Lipinski definition) is 0. The van der Waals surface area contributed by atoms with Crippen LogP contribution in [0, 0.1) is 0 Å². The van der Waals surface area contributed by atoms with E-state index in [1.165, 1.54) is 5.39 Å². The predicted octanol–water partition coefficient (Wildman–Crippen LogP) is 7.17. The average Bonchev–Trinajstić information content (AvgIpc) is 2.92. The Labute approximate surface area is 200 Å². The minimum absolute atomic E-state index is 0.0258. The van der Waals surface area contributed by atoms with Crippen LogP contribution < -0.4 is 0 Å². The second-order valence-electron chi connectivity index (χ2n) is 8.30. The van der Waals surface area contributed by atoms with Gasteiger partial charge in [-0.05, 0) is 16.3 Å². The summed E-state index contributed by atoms with van der Waals surface area (Å²) in [4.78, 5) is 18.9. The van der Waals surface area contributed by atoms with Crippen LogP contribution in [0.1, 0.15) is 27.0 Å². The second-order valence-corrected chi connectivity index (χ2v) is 8.30. The monoisotopic (exact) mass is 439 g/mol. The highest BCUT2D eigenvalue weighted by Crippen LogP contribution is 2.23. The van der Waals surface area contributed by atoms with Crippen molar-refractivity contribution in [2.24, 2.45) is 4.99 Å². The molecule has 0 heterocycles. The summed E-state index contributed by atoms with van der Waals surface area (Å²) >= 11 is 0. The first-order valence-electron chi connectivity index (χ1n) is 11.5. The maximum absolute atomic E-state index is 13.8. The van der Waals surface area contributed by atoms with Gasteiger partial charge in [-0.1, -0.05) is 133 Å². The molecule has 0 aliphatic heterocycles. The Morgan fingerprint density at radius 3 is 1.68 bits per heavy atom. The highest BCUT2D eigenvalue weighted by Gasteiger charge is 2.22. The number of benzene rings is 5. The van der Waals surface area contributed by atoms with Gasteiger partial charge in [-0.25, -0.2) is 0 Å². The number of aliphatic imine (C=N–C) groups is 1. The van der Waals surface area contributed by atoms with E-state index in [4.69, 9.17) is 4.99 Å². The fourth-order valence-corrected chi connectivity index (χ4v) is 4.33. The molecule has 0 saturated carbocycles. The average molecular weight is 440 g/mol. The molecular formula is C32H25NO. The highest BCUT2D eigenvalue weighted by atomic mass is 16.1. The lowest BCUT2D eigenvalue weighted by Crippen LogP contribution is -2.24. The quantitative estimate of drug-likeness (QED) is 0.195. The van der Waals surface area contributed by atoms with Crippen LogP contribution in [0.5, 0.6) is 0 Å². The van der Waals surface area contributed by atoms with Crippen LogP contribution in [0.4, 0.5) is 0 Å². The maximum atomic E-state index is 13.8. The van der Waals surface area contributed by atoms with Crippen molar-refractivity contribution >= 4 is 22.3 Å². The van der Waals surface area contributed by atoms with Crippen LogP contribution in [-0.2, 0) is 6.42 Å². The van der Waals surface area contributed by atoms with Crippen molar-refractivity contribution in [3.63, 3.8) is 0 Å². The van der Waals surface area contributed by atoms with Crippen molar-refractivity contribution in [2.75, 3.05) is 0 Å². The summed E-state index contributed by atoms with van der Waals surface area (Å²) in [5.74, 6) is 0.0258. The number of nitrogens with zero attached hydrogens (tertiary/aromatic N) is 1. The number of fused-ring (bicyclic) bond motifs is 1. The van der Waals surface area contributed by atoms with Crippen molar-refractivity contribution in [3.05, 3.63) is 156 Å². The lowest BCUT2D eigenvalue weighted by molar-refractivity contribution is 0.0962. The molecule has 0 amide bonds. The third-order valence-corrected chi connectivity index (χ3v) is 6.03. The standard InChI is InChI=1S/C32H25NO/c34-32(27-18-8-3-9-19-27)30(23-28-21-12-20-24-13-10-11-22-29(24)28)33-31(25-14-4-1-5-15-25)26-16-6-2-7-17-26/h1-22,30H,23H2/t30-/m1/s1. The predicted molar refractivity (Wildman–Crippen MR) is 141 cm³/mol. The van der Waals surface area contributed by atoms with Crippen molar-refractivity contribution in [3.8, 4) is 0 Å². The number of ketones is 1. The van der Waals surface area contributed by atoms with E-state index in [2.05, 4.69) is 30.3 Å². The molecule has 0 spiro atoms. The first kappa shape index (κ1) is 21.5. The molecule has 2 heteroatoms. The van der Waals surface area contributed by atoms with Gasteiger partial charge in [0.05, 0.1) is 5.71 Å². The molecule has 0 aliphatic rings. The van der Waals surface area contributed by atoms with Gasteiger partial charge < -0.3 is 0 Å². The van der Waals surface area contributed by atoms with Gasteiger partial charge >= 0.3 is 0 Å². The smallest absolute Gasteiger partial charge is 0.187 e. The first-order valence-corrected chi connectivity index (χ1v) is 11.5. The molecule has 0 radical (unpaired) electrons. The van der Waals surface area contributed by atoms with Crippen LogP contribution in [-0.4, -0.2) is 17.5 Å². The summed E-state index contributed by atoms with van der Waals surface area (Å²) in [5.41, 5.74) is 4.62. The molecule has 2 nitrogen and oxygen atoms in total. The highest BCUT2D eigenvalue weighted by molar-refractivity contribution is 6.14. The maximum Gasteiger partial charge on any atom is 0.187 e. The largest absolute Gasteiger partial charge is 0.292 e. The molecule has 5 aromatic carbocycles. The molecule has 0 fully saturated rings. The third-order valence-electron chi connectivity index (χ3n) is 6.03. The van der Waals surface area contributed by atoms with Crippen LogP contribution in [0.15, 0.2) is 138 Å². The van der Waals surface area contributed by atoms with Gasteiger partial charge in [0.2, 0.25) is 0 Å². The van der Waals surface area contributed by atoms with Crippen LogP contribution >= 0.6 is 0 Å². The molecular weight excluding hydrogens is 414 g/mol. The fraction of sp³-hybridized carbons (Fsp3) is 0.0625. The minimum atomic E-state index is -0.552. The van der Waals surface area contributed by atoms with Crippen molar-refractivity contribution in [2.45, 2.75) is 12.5 Å². The molecule has 0 unspecified atom stereocenters. The minimum Gasteiger partial charge on any atom is -0.292 e. The Kier molecular flexibility index (Phi) is 6.40. The van der Waals surface area contributed by atoms with E-state index >= 15 is 0 Å². The number of hydrogen-bond acceptors (Lipinski definition) is 2. The van der Waals surface area contributed by atoms with E-state index in [0.29, 0.717) is 12.0 Å². The topological polar surface area (TPSA) is 29.4 Å². The van der Waals surface area contributed by atoms with Gasteiger partial charge in [0.1, 0.15) is 6.04 Å². The van der Waals surface area contributed by atoms with E-state index in [-0.39, 0.29) is 5.78 Å². The second kappa shape index (κ2) is 10.1. The van der Waals surface area contributed by atoms with Crippen LogP contribution in [0.2, 0.25) is 0 Å². The molecule has 0 N–H and O–H groups in total. The summed E-state index contributed by atoms with van der Waals surface area (Å²) in [7, 11) is 0. The third kappa shape index (κ3) is 4.72. The molecule has 0 aromatic heterocycles. The van der Waals surface area contributed by atoms with Crippen LogP contribution in [0.25, 0.3) is 10.8 Å². The van der Waals surface area contributed by atoms with E-state index in [1.54, 1.807) is 0 Å². The number of carbonyl (C=O) groups is 1. The van der Waals surface area contributed by atoms with Gasteiger partial charge in [-0.15, -0.1) is 0 Å². The Hall–Kier alpha value is -4.30. The Balaban J connectivity index is 1.65. The summed E-state index contributed by atoms with van der Waals surface area (Å²) in [5, 5.41) is 2.33. The van der Waals surface area contributed by atoms with Gasteiger partial charge in [0, 0.05) is 23.1 Å². The molecule has 0 bridgehead atoms. The molecule has 164 valence electrons. The van der Waals surface area contributed by atoms with Crippen molar-refractivity contribution in [1.29, 1.82) is 0 Å². The molecule has 34 heavy (non-hydrogen) atoms. The van der Waals surface area contributed by atoms with E-state index in [1.807, 2.05) is 103 Å². The Morgan fingerprint density at radius 2 is 1.06 bits per heavy atom. The SMILES string of the molecule is O=C(c1ccccc1)[C@@H](Cc1cccc2ccccc12)N=C(c1ccccc1)c1ccccc1. The summed E-state index contributed by atoms with van der Waals surface area (Å²) in [6.07, 6.45) is 0.526. The van der Waals surface area contributed by atoms with Crippen molar-refractivity contribution < 1.29 is 4.79 Å². The van der Waals surface area contributed by atoms with Gasteiger partial charge in [-0.3, -0.25) is 9.79 Å². The molecule has 5 aromatic rings. The molecule has 0 aliphatic carbocycles. The Morgan fingerprint density at radius 1 is 0.559 bits per heavy atom. The summed E-state index contributed by atoms with van der Waals surface area (Å²) < 4.78 is 0. The van der Waals surface area contributed by atoms with Gasteiger partial charge in [-0.2, -0.15) is 0 Å². The number of carbonyl (C=O) groups excluding carboxylic acids is 1. The van der Waals surface area contributed by atoms with Gasteiger partial charge in [0.15, 0.2) is 5.78 Å². The zero-order chi connectivity index (χ0) is 23.2. The summed E-state index contributed by atoms with van der Waals surface area (Å²) in [6.45, 7) is 0. The number of rotatable bonds is 7. The zero-order valence-corrected chi connectivity index (χ0v) is 18.8. The summed E-state index contributed by atoms with van der Waals surface area (Å²) in [6, 6.07) is 43.7. The lowest BCUT2D eigenvalue weighted by Gasteiger charge is -2.17. The fourth-order valence-electron chi connectivity index (χ4n) is 4.33. The Bertz CT molecular complexity index is 1380. The zero-order valence-electron chi connectivity index (χ0n) is 18.8. The van der Waals surface area contributed by atoms with Crippen LogP contribution in [0.3, 0.4) is 0 Å². The molecule has 1 atom stereocenters. The van der Waals surface area contributed by atoms with E-state index < -0.39 is 6.04 Å². The van der Waals surface area contributed by atoms with Gasteiger partial charge in [0.25, 0.3) is 0 Å². The first-order chi connectivity index (χ1) is 16.8. The number of Topliss-reactive ketones (excluding diaryl/α,β-unsaturated/α-hetero) is 1. The molecule has 5 rings (SSSR count). The van der Waals surface area contributed by atoms with E-state index in [0.717, 1.165) is 27.8 Å². The lowest BCUT2D eigenvalue weighted by atomic mass is 9.93. The molecule has 0 saturated heterocycles.